The number of aromatic amines is 1. The third-order valence-electron chi connectivity index (χ3n) is 5.08. The number of nitrogens with zero attached hydrogens (tertiary/aromatic N) is 4. The Kier molecular flexibility index (Phi) is 4.28. The molecule has 5 aromatic rings. The van der Waals surface area contributed by atoms with Gasteiger partial charge < -0.3 is 4.98 Å². The molecule has 0 atom stereocenters. The first-order chi connectivity index (χ1) is 14.4. The van der Waals surface area contributed by atoms with E-state index >= 15 is 0 Å². The molecular weight excluding hydrogens is 418 g/mol. The van der Waals surface area contributed by atoms with Crippen LogP contribution in [0.5, 0.6) is 0 Å². The van der Waals surface area contributed by atoms with Crippen LogP contribution < -0.4 is 0 Å². The van der Waals surface area contributed by atoms with Gasteiger partial charge in [0.1, 0.15) is 5.01 Å². The normalized spacial score (nSPS) is 14.1. The fourth-order valence-corrected chi connectivity index (χ4v) is 6.04. The zero-order chi connectivity index (χ0) is 19.2. The van der Waals surface area contributed by atoms with Crippen molar-refractivity contribution >= 4 is 45.3 Å². The summed E-state index contributed by atoms with van der Waals surface area (Å²) in [5.41, 5.74) is 4.56. The lowest BCUT2D eigenvalue weighted by Crippen LogP contribution is -1.99. The maximum atomic E-state index is 4.80. The van der Waals surface area contributed by atoms with Crippen LogP contribution in [0.3, 0.4) is 0 Å². The topological polar surface area (TPSA) is 59.4 Å². The van der Waals surface area contributed by atoms with Gasteiger partial charge >= 0.3 is 0 Å². The number of H-pyrrole nitrogens is 1. The molecular formula is C21H17N5S3. The van der Waals surface area contributed by atoms with Crippen LogP contribution in [-0.4, -0.2) is 24.7 Å². The number of hydrogen-bond acceptors (Lipinski definition) is 6. The van der Waals surface area contributed by atoms with E-state index in [0.717, 1.165) is 38.5 Å². The van der Waals surface area contributed by atoms with Crippen molar-refractivity contribution < 1.29 is 0 Å². The number of benzene rings is 1. The van der Waals surface area contributed by atoms with E-state index in [1.54, 1.807) is 34.4 Å². The summed E-state index contributed by atoms with van der Waals surface area (Å²) in [5.74, 6) is 1.77. The van der Waals surface area contributed by atoms with Crippen molar-refractivity contribution in [1.29, 1.82) is 0 Å². The summed E-state index contributed by atoms with van der Waals surface area (Å²) in [7, 11) is 0. The predicted octanol–water partition coefficient (Wildman–Crippen LogP) is 6.24. The number of thioether (sulfide) groups is 1. The lowest BCUT2D eigenvalue weighted by atomic mass is 10.1. The number of fused-ring (bicyclic) bond motifs is 1. The molecule has 0 amide bonds. The summed E-state index contributed by atoms with van der Waals surface area (Å²) in [6.45, 7) is 0. The Bertz CT molecular complexity index is 1280. The fourth-order valence-electron chi connectivity index (χ4n) is 3.51. The molecule has 4 aromatic heterocycles. The maximum absolute atomic E-state index is 4.80. The van der Waals surface area contributed by atoms with Crippen LogP contribution in [0.2, 0.25) is 0 Å². The molecule has 0 unspecified atom stereocenters. The second-order valence-electron chi connectivity index (χ2n) is 7.10. The number of aromatic nitrogens is 5. The average Bonchev–Trinajstić information content (AvgIpc) is 3.22. The number of nitrogens with one attached hydrogen (secondary N) is 1. The van der Waals surface area contributed by atoms with E-state index in [2.05, 4.69) is 66.4 Å². The number of rotatable bonds is 6. The molecule has 1 aliphatic carbocycles. The Morgan fingerprint density at radius 3 is 2.93 bits per heavy atom. The van der Waals surface area contributed by atoms with Gasteiger partial charge in [-0.05, 0) is 30.4 Å². The minimum absolute atomic E-state index is 0.507. The minimum atomic E-state index is 0.507. The van der Waals surface area contributed by atoms with Gasteiger partial charge in [-0.15, -0.1) is 21.5 Å². The molecule has 1 saturated carbocycles. The van der Waals surface area contributed by atoms with Gasteiger partial charge in [-0.25, -0.2) is 4.98 Å². The molecule has 0 radical (unpaired) electrons. The van der Waals surface area contributed by atoms with Gasteiger partial charge in [-0.1, -0.05) is 30.0 Å². The molecule has 5 nitrogen and oxygen atoms in total. The summed E-state index contributed by atoms with van der Waals surface area (Å²) in [5, 5.41) is 18.8. The molecule has 1 N–H and O–H groups in total. The summed E-state index contributed by atoms with van der Waals surface area (Å²) in [6, 6.07) is 11.0. The van der Waals surface area contributed by atoms with Gasteiger partial charge in [0.25, 0.3) is 0 Å². The van der Waals surface area contributed by atoms with Crippen molar-refractivity contribution in [2.75, 3.05) is 0 Å². The monoisotopic (exact) mass is 435 g/mol. The predicted molar refractivity (Wildman–Crippen MR) is 121 cm³/mol. The van der Waals surface area contributed by atoms with Crippen LogP contribution in [0.25, 0.3) is 32.9 Å². The molecule has 0 bridgehead atoms. The first-order valence-corrected chi connectivity index (χ1v) is 12.3. The van der Waals surface area contributed by atoms with Gasteiger partial charge in [0.05, 0.1) is 5.69 Å². The smallest absolute Gasteiger partial charge is 0.192 e. The van der Waals surface area contributed by atoms with E-state index in [0.29, 0.717) is 6.04 Å². The van der Waals surface area contributed by atoms with Crippen molar-refractivity contribution in [3.8, 4) is 22.0 Å². The Morgan fingerprint density at radius 1 is 1.14 bits per heavy atom. The quantitative estimate of drug-likeness (QED) is 0.321. The van der Waals surface area contributed by atoms with E-state index in [-0.39, 0.29) is 0 Å². The van der Waals surface area contributed by atoms with E-state index in [9.17, 15) is 0 Å². The largest absolute Gasteiger partial charge is 0.360 e. The summed E-state index contributed by atoms with van der Waals surface area (Å²) >= 11 is 5.14. The van der Waals surface area contributed by atoms with Crippen LogP contribution in [0.15, 0.2) is 57.8 Å². The van der Waals surface area contributed by atoms with Gasteiger partial charge in [0, 0.05) is 50.8 Å². The zero-order valence-electron chi connectivity index (χ0n) is 15.4. The van der Waals surface area contributed by atoms with Gasteiger partial charge in [0.2, 0.25) is 0 Å². The molecule has 4 heterocycles. The molecule has 0 aliphatic heterocycles. The second kappa shape index (κ2) is 7.12. The molecule has 144 valence electrons. The first kappa shape index (κ1) is 17.4. The highest BCUT2D eigenvalue weighted by atomic mass is 32.2. The van der Waals surface area contributed by atoms with Crippen LogP contribution in [0, 0.1) is 0 Å². The first-order valence-electron chi connectivity index (χ1n) is 9.48. The maximum Gasteiger partial charge on any atom is 0.192 e. The third-order valence-corrected chi connectivity index (χ3v) is 7.68. The van der Waals surface area contributed by atoms with E-state index in [1.165, 1.54) is 23.8 Å². The molecule has 29 heavy (non-hydrogen) atoms. The Labute approximate surface area is 179 Å². The minimum Gasteiger partial charge on any atom is -0.360 e. The van der Waals surface area contributed by atoms with E-state index < -0.39 is 0 Å². The molecule has 1 aromatic carbocycles. The molecule has 0 spiro atoms. The van der Waals surface area contributed by atoms with Crippen molar-refractivity contribution in [2.24, 2.45) is 0 Å². The Hall–Kier alpha value is -2.42. The summed E-state index contributed by atoms with van der Waals surface area (Å²) < 4.78 is 2.33. The SMILES string of the molecule is c1ccc2c(-c3nnc(SCc4csc(-c5ccsc5)n4)n3C3CC3)c[nH]c2c1. The Morgan fingerprint density at radius 2 is 2.07 bits per heavy atom. The lowest BCUT2D eigenvalue weighted by molar-refractivity contribution is 0.669. The van der Waals surface area contributed by atoms with Crippen molar-refractivity contribution in [1.82, 2.24) is 24.7 Å². The number of thiazole rings is 1. The van der Waals surface area contributed by atoms with Crippen LogP contribution in [0.1, 0.15) is 24.6 Å². The van der Waals surface area contributed by atoms with Gasteiger partial charge in [0.15, 0.2) is 11.0 Å². The molecule has 1 aliphatic rings. The molecule has 6 rings (SSSR count). The van der Waals surface area contributed by atoms with E-state index in [1.807, 2.05) is 6.07 Å². The summed E-state index contributed by atoms with van der Waals surface area (Å²) in [4.78, 5) is 8.16. The Balaban J connectivity index is 1.29. The highest BCUT2D eigenvalue weighted by Gasteiger charge is 2.31. The highest BCUT2D eigenvalue weighted by molar-refractivity contribution is 7.98. The number of para-hydroxylation sites is 1. The summed E-state index contributed by atoms with van der Waals surface area (Å²) in [6.07, 6.45) is 4.44. The van der Waals surface area contributed by atoms with Crippen LogP contribution in [0.4, 0.5) is 0 Å². The lowest BCUT2D eigenvalue weighted by Gasteiger charge is -2.07. The van der Waals surface area contributed by atoms with Crippen molar-refractivity contribution in [2.45, 2.75) is 29.8 Å². The average molecular weight is 436 g/mol. The third kappa shape index (κ3) is 3.21. The van der Waals surface area contributed by atoms with Crippen molar-refractivity contribution in [3.63, 3.8) is 0 Å². The molecule has 1 fully saturated rings. The van der Waals surface area contributed by atoms with Crippen LogP contribution in [-0.2, 0) is 5.75 Å². The van der Waals surface area contributed by atoms with Gasteiger partial charge in [-0.3, -0.25) is 4.57 Å². The van der Waals surface area contributed by atoms with Gasteiger partial charge in [-0.2, -0.15) is 11.3 Å². The fraction of sp³-hybridized carbons (Fsp3) is 0.190. The number of hydrogen-bond donors (Lipinski definition) is 1. The van der Waals surface area contributed by atoms with Crippen LogP contribution >= 0.6 is 34.4 Å². The molecule has 0 saturated heterocycles. The second-order valence-corrected chi connectivity index (χ2v) is 9.68. The standard InChI is InChI=1S/C21H17N5S3/c1-2-4-18-16(3-1)17(9-22-18)19-24-25-21(26(19)15-5-6-15)29-12-14-11-28-20(23-14)13-7-8-27-10-13/h1-4,7-11,15,22H,5-6,12H2. The highest BCUT2D eigenvalue weighted by Crippen LogP contribution is 2.42. The van der Waals surface area contributed by atoms with Crippen molar-refractivity contribution in [3.05, 3.63) is 58.4 Å². The molecule has 8 heteroatoms. The van der Waals surface area contributed by atoms with E-state index in [4.69, 9.17) is 4.98 Å². The number of thiophene rings is 1. The zero-order valence-corrected chi connectivity index (χ0v) is 17.9.